The Kier molecular flexibility index (Phi) is 6.61. The second kappa shape index (κ2) is 9.55. The zero-order valence-electron chi connectivity index (χ0n) is 17.2. The zero-order valence-corrected chi connectivity index (χ0v) is 17.2. The molecule has 4 heteroatoms. The van der Waals surface area contributed by atoms with E-state index in [9.17, 15) is 13.6 Å². The Morgan fingerprint density at radius 1 is 1.03 bits per heavy atom. The monoisotopic (exact) mass is 409 g/mol. The quantitative estimate of drug-likeness (QED) is 0.491. The van der Waals surface area contributed by atoms with Crippen LogP contribution in [0.15, 0.2) is 54.6 Å². The maximum Gasteiger partial charge on any atom is 0.270 e. The Balaban J connectivity index is 1.50. The van der Waals surface area contributed by atoms with Gasteiger partial charge in [0, 0.05) is 11.8 Å². The second-order valence-electron chi connectivity index (χ2n) is 8.79. The van der Waals surface area contributed by atoms with Crippen LogP contribution in [-0.4, -0.2) is 5.91 Å². The van der Waals surface area contributed by atoms with Gasteiger partial charge >= 0.3 is 0 Å². The van der Waals surface area contributed by atoms with Gasteiger partial charge in [0.05, 0.1) is 5.92 Å². The van der Waals surface area contributed by atoms with Crippen molar-refractivity contribution in [2.45, 2.75) is 57.3 Å². The summed E-state index contributed by atoms with van der Waals surface area (Å²) in [4.78, 5) is 13.3. The fourth-order valence-corrected chi connectivity index (χ4v) is 4.66. The molecule has 2 aromatic rings. The normalized spacial score (nSPS) is 17.5. The summed E-state index contributed by atoms with van der Waals surface area (Å²) in [6, 6.07) is 15.2. The van der Waals surface area contributed by atoms with E-state index in [1.165, 1.54) is 24.8 Å². The van der Waals surface area contributed by atoms with E-state index in [-0.39, 0.29) is 11.8 Å². The van der Waals surface area contributed by atoms with Gasteiger partial charge in [-0.3, -0.25) is 4.79 Å². The number of nitrogens with one attached hydrogen (secondary N) is 1. The van der Waals surface area contributed by atoms with Crippen LogP contribution < -0.4 is 5.32 Å². The summed E-state index contributed by atoms with van der Waals surface area (Å²) in [6.45, 7) is 0. The summed E-state index contributed by atoms with van der Waals surface area (Å²) in [5.74, 6) is 0.929. The number of hydrogen-bond acceptors (Lipinski definition) is 1. The molecule has 1 atom stereocenters. The van der Waals surface area contributed by atoms with Crippen LogP contribution in [0.4, 0.5) is 14.5 Å². The number of carbonyl (C=O) groups is 1. The van der Waals surface area contributed by atoms with Crippen molar-refractivity contribution in [3.05, 3.63) is 71.3 Å². The molecule has 1 unspecified atom stereocenters. The molecule has 158 valence electrons. The number of amides is 1. The van der Waals surface area contributed by atoms with Gasteiger partial charge in [0.1, 0.15) is 0 Å². The highest BCUT2D eigenvalue weighted by Crippen LogP contribution is 2.38. The number of aryl methyl sites for hydroxylation is 1. The number of carbonyl (C=O) groups excluding carboxylic acids is 1. The molecule has 2 nitrogen and oxygen atoms in total. The molecule has 2 aromatic carbocycles. The van der Waals surface area contributed by atoms with Crippen LogP contribution in [-0.2, 0) is 11.2 Å². The lowest BCUT2D eigenvalue weighted by molar-refractivity contribution is -0.118. The first kappa shape index (κ1) is 20.8. The number of hydrogen-bond donors (Lipinski definition) is 1. The maximum atomic E-state index is 13.3. The van der Waals surface area contributed by atoms with Crippen LogP contribution in [0.5, 0.6) is 0 Å². The lowest BCUT2D eigenvalue weighted by Crippen LogP contribution is -2.26. The molecule has 0 radical (unpaired) electrons. The van der Waals surface area contributed by atoms with Gasteiger partial charge in [0.25, 0.3) is 6.08 Å². The van der Waals surface area contributed by atoms with E-state index in [1.807, 2.05) is 24.3 Å². The number of anilines is 1. The van der Waals surface area contributed by atoms with Crippen LogP contribution in [0.2, 0.25) is 0 Å². The van der Waals surface area contributed by atoms with E-state index in [1.54, 1.807) is 12.1 Å². The first-order valence-corrected chi connectivity index (χ1v) is 11.1. The van der Waals surface area contributed by atoms with Gasteiger partial charge in [-0.15, -0.1) is 0 Å². The van der Waals surface area contributed by atoms with Gasteiger partial charge in [-0.1, -0.05) is 62.1 Å². The molecule has 2 aliphatic carbocycles. The highest BCUT2D eigenvalue weighted by Gasteiger charge is 2.32. The molecule has 0 aliphatic heterocycles. The second-order valence-corrected chi connectivity index (χ2v) is 8.79. The molecule has 4 rings (SSSR count). The minimum Gasteiger partial charge on any atom is -0.326 e. The van der Waals surface area contributed by atoms with Crippen molar-refractivity contribution in [1.82, 2.24) is 0 Å². The SMILES string of the molecule is O=C(Nc1cccc(CCC2CC2)c1)C(c1ccc(C=C(F)F)cc1)C1CCCC1. The van der Waals surface area contributed by atoms with Crippen molar-refractivity contribution in [3.63, 3.8) is 0 Å². The molecular formula is C26H29F2NO. The Morgan fingerprint density at radius 3 is 2.43 bits per heavy atom. The zero-order chi connectivity index (χ0) is 20.9. The summed E-state index contributed by atoms with van der Waals surface area (Å²) >= 11 is 0. The molecule has 2 aliphatic rings. The molecule has 1 N–H and O–H groups in total. The van der Waals surface area contributed by atoms with Crippen LogP contribution in [0, 0.1) is 11.8 Å². The summed E-state index contributed by atoms with van der Waals surface area (Å²) in [5.41, 5.74) is 3.46. The van der Waals surface area contributed by atoms with Crippen molar-refractivity contribution in [2.24, 2.45) is 11.8 Å². The minimum atomic E-state index is -1.71. The topological polar surface area (TPSA) is 29.1 Å². The smallest absolute Gasteiger partial charge is 0.270 e. The summed E-state index contributed by atoms with van der Waals surface area (Å²) < 4.78 is 25.1. The Bertz CT molecular complexity index is 892. The predicted octanol–water partition coefficient (Wildman–Crippen LogP) is 7.18. The van der Waals surface area contributed by atoms with Crippen molar-refractivity contribution in [1.29, 1.82) is 0 Å². The van der Waals surface area contributed by atoms with E-state index in [0.29, 0.717) is 11.5 Å². The molecule has 0 bridgehead atoms. The van der Waals surface area contributed by atoms with Gasteiger partial charge in [-0.25, -0.2) is 0 Å². The van der Waals surface area contributed by atoms with Gasteiger partial charge in [0.15, 0.2) is 0 Å². The molecule has 0 saturated heterocycles. The van der Waals surface area contributed by atoms with E-state index < -0.39 is 6.08 Å². The molecule has 2 fully saturated rings. The van der Waals surface area contributed by atoms with E-state index in [4.69, 9.17) is 0 Å². The molecule has 0 aromatic heterocycles. The van der Waals surface area contributed by atoms with Crippen molar-refractivity contribution < 1.29 is 13.6 Å². The van der Waals surface area contributed by atoms with E-state index in [2.05, 4.69) is 17.4 Å². The van der Waals surface area contributed by atoms with Crippen molar-refractivity contribution in [2.75, 3.05) is 5.32 Å². The van der Waals surface area contributed by atoms with Crippen molar-refractivity contribution in [3.8, 4) is 0 Å². The summed E-state index contributed by atoms with van der Waals surface area (Å²) in [6.07, 6.45) is 8.45. The van der Waals surface area contributed by atoms with E-state index in [0.717, 1.165) is 55.3 Å². The third kappa shape index (κ3) is 5.56. The maximum absolute atomic E-state index is 13.3. The average molecular weight is 410 g/mol. The standard InChI is InChI=1S/C26H29F2NO/c27-24(28)17-20-12-14-22(15-13-20)25(21-5-1-2-6-21)26(30)29-23-7-3-4-19(16-23)11-10-18-8-9-18/h3-4,7,12-18,21,25H,1-2,5-6,8-11H2,(H,29,30). The van der Waals surface area contributed by atoms with Crippen LogP contribution >= 0.6 is 0 Å². The number of benzene rings is 2. The Hall–Kier alpha value is -2.49. The highest BCUT2D eigenvalue weighted by atomic mass is 19.3. The fourth-order valence-electron chi connectivity index (χ4n) is 4.66. The largest absolute Gasteiger partial charge is 0.326 e. The highest BCUT2D eigenvalue weighted by molar-refractivity contribution is 5.96. The van der Waals surface area contributed by atoms with Gasteiger partial charge < -0.3 is 5.32 Å². The van der Waals surface area contributed by atoms with Gasteiger partial charge in [0.2, 0.25) is 5.91 Å². The molecule has 2 saturated carbocycles. The Labute approximate surface area is 177 Å². The third-order valence-corrected chi connectivity index (χ3v) is 6.46. The van der Waals surface area contributed by atoms with Gasteiger partial charge in [-0.05, 0) is 66.3 Å². The first-order valence-electron chi connectivity index (χ1n) is 11.1. The van der Waals surface area contributed by atoms with E-state index >= 15 is 0 Å². The predicted molar refractivity (Wildman–Crippen MR) is 117 cm³/mol. The Morgan fingerprint density at radius 2 is 1.77 bits per heavy atom. The number of halogens is 2. The number of rotatable bonds is 8. The first-order chi connectivity index (χ1) is 14.6. The van der Waals surface area contributed by atoms with Crippen LogP contribution in [0.1, 0.15) is 67.6 Å². The molecule has 0 spiro atoms. The summed E-state index contributed by atoms with van der Waals surface area (Å²) in [5, 5.41) is 3.14. The average Bonchev–Trinajstić information content (AvgIpc) is 3.41. The van der Waals surface area contributed by atoms with Gasteiger partial charge in [-0.2, -0.15) is 8.78 Å². The lowest BCUT2D eigenvalue weighted by atomic mass is 9.83. The molecular weight excluding hydrogens is 380 g/mol. The molecule has 30 heavy (non-hydrogen) atoms. The van der Waals surface area contributed by atoms with Crippen molar-refractivity contribution >= 4 is 17.7 Å². The molecule has 0 heterocycles. The summed E-state index contributed by atoms with van der Waals surface area (Å²) in [7, 11) is 0. The third-order valence-electron chi connectivity index (χ3n) is 6.46. The van der Waals surface area contributed by atoms with Crippen LogP contribution in [0.3, 0.4) is 0 Å². The lowest BCUT2D eigenvalue weighted by Gasteiger charge is -2.23. The molecule has 1 amide bonds. The fraction of sp³-hybridized carbons (Fsp3) is 0.423. The minimum absolute atomic E-state index is 0.00112. The van der Waals surface area contributed by atoms with Crippen LogP contribution in [0.25, 0.3) is 6.08 Å².